The Morgan fingerprint density at radius 3 is 2.06 bits per heavy atom. The molecule has 1 N–H and O–H groups in total. The highest BCUT2D eigenvalue weighted by atomic mass is 16.7. The lowest BCUT2D eigenvalue weighted by Gasteiger charge is -2.51. The fraction of sp³-hybridized carbons (Fsp3) is 0.519. The van der Waals surface area contributed by atoms with Crippen LogP contribution in [0.5, 0.6) is 23.0 Å². The number of carbonyl (C=O) groups excluding carboxylic acids is 1. The summed E-state index contributed by atoms with van der Waals surface area (Å²) in [5.74, 6) is 1.24. The molecule has 2 aliphatic heterocycles. The predicted molar refractivity (Wildman–Crippen MR) is 125 cm³/mol. The molecule has 1 unspecified atom stereocenters. The van der Waals surface area contributed by atoms with E-state index in [1.165, 1.54) is 0 Å². The van der Waals surface area contributed by atoms with Crippen LogP contribution in [0.1, 0.15) is 69.7 Å². The molecular formula is C27H34O6. The third kappa shape index (κ3) is 4.23. The largest absolute Gasteiger partial charge is 0.508 e. The lowest BCUT2D eigenvalue weighted by Crippen LogP contribution is -2.55. The van der Waals surface area contributed by atoms with Crippen LogP contribution in [-0.4, -0.2) is 30.1 Å². The van der Waals surface area contributed by atoms with Gasteiger partial charge in [-0.1, -0.05) is 27.7 Å². The molecule has 0 radical (unpaired) electrons. The second kappa shape index (κ2) is 7.86. The molecule has 2 aromatic rings. The van der Waals surface area contributed by atoms with E-state index in [9.17, 15) is 9.90 Å². The number of hydrogen-bond donors (Lipinski definition) is 1. The van der Waals surface area contributed by atoms with E-state index in [0.29, 0.717) is 25.2 Å². The molecule has 1 atom stereocenters. The molecule has 6 nitrogen and oxygen atoms in total. The molecule has 2 heterocycles. The maximum absolute atomic E-state index is 11.7. The average molecular weight is 455 g/mol. The van der Waals surface area contributed by atoms with Crippen LogP contribution >= 0.6 is 0 Å². The molecule has 0 bridgehead atoms. The van der Waals surface area contributed by atoms with Gasteiger partial charge in [0, 0.05) is 34.8 Å². The first-order valence-electron chi connectivity index (χ1n) is 11.5. The highest BCUT2D eigenvalue weighted by molar-refractivity contribution is 5.71. The van der Waals surface area contributed by atoms with Crippen molar-refractivity contribution in [1.82, 2.24) is 0 Å². The standard InChI is InChI=1S/C27H34O6/c1-8-30-24(29)13-31-21-12-19-23(10-17(21)3)33-27(15-26(19,6)7)14-25(4,5)18-11-20(28)16(2)9-22(18)32-27/h9-12,28H,8,13-15H2,1-7H3. The number of hydrogen-bond acceptors (Lipinski definition) is 6. The van der Waals surface area contributed by atoms with Crippen molar-refractivity contribution in [3.63, 3.8) is 0 Å². The minimum Gasteiger partial charge on any atom is -0.508 e. The van der Waals surface area contributed by atoms with Gasteiger partial charge in [-0.05, 0) is 56.2 Å². The molecule has 0 saturated carbocycles. The van der Waals surface area contributed by atoms with Gasteiger partial charge >= 0.3 is 5.97 Å². The van der Waals surface area contributed by atoms with Gasteiger partial charge in [-0.3, -0.25) is 0 Å². The van der Waals surface area contributed by atoms with E-state index >= 15 is 0 Å². The second-order valence-corrected chi connectivity index (χ2v) is 10.6. The topological polar surface area (TPSA) is 74.2 Å². The van der Waals surface area contributed by atoms with Gasteiger partial charge in [0.2, 0.25) is 0 Å². The number of aryl methyl sites for hydroxylation is 2. The van der Waals surface area contributed by atoms with Crippen molar-refractivity contribution in [2.45, 2.75) is 77.9 Å². The summed E-state index contributed by atoms with van der Waals surface area (Å²) in [4.78, 5) is 11.7. The first-order chi connectivity index (χ1) is 15.4. The van der Waals surface area contributed by atoms with Crippen LogP contribution in [0.4, 0.5) is 0 Å². The van der Waals surface area contributed by atoms with Crippen LogP contribution in [0.25, 0.3) is 0 Å². The van der Waals surface area contributed by atoms with Gasteiger partial charge < -0.3 is 24.1 Å². The highest BCUT2D eigenvalue weighted by Gasteiger charge is 2.53. The molecule has 2 aliphatic rings. The molecule has 0 fully saturated rings. The number of fused-ring (bicyclic) bond motifs is 2. The molecule has 0 saturated heterocycles. The number of esters is 1. The maximum Gasteiger partial charge on any atom is 0.344 e. The normalized spacial score (nSPS) is 21.9. The van der Waals surface area contributed by atoms with Crippen molar-refractivity contribution in [2.75, 3.05) is 13.2 Å². The summed E-state index contributed by atoms with van der Waals surface area (Å²) in [6.07, 6.45) is 1.30. The first kappa shape index (κ1) is 23.3. The van der Waals surface area contributed by atoms with Crippen LogP contribution in [-0.2, 0) is 20.4 Å². The number of aromatic hydroxyl groups is 1. The molecule has 178 valence electrons. The Balaban J connectivity index is 1.69. The smallest absolute Gasteiger partial charge is 0.344 e. The number of benzene rings is 2. The molecule has 6 heteroatoms. The summed E-state index contributed by atoms with van der Waals surface area (Å²) >= 11 is 0. The zero-order chi connectivity index (χ0) is 24.2. The fourth-order valence-electron chi connectivity index (χ4n) is 5.22. The Morgan fingerprint density at radius 2 is 1.48 bits per heavy atom. The van der Waals surface area contributed by atoms with Crippen LogP contribution in [0.2, 0.25) is 0 Å². The van der Waals surface area contributed by atoms with Crippen molar-refractivity contribution in [3.8, 4) is 23.0 Å². The zero-order valence-corrected chi connectivity index (χ0v) is 20.6. The van der Waals surface area contributed by atoms with Gasteiger partial charge in [0.25, 0.3) is 5.79 Å². The monoisotopic (exact) mass is 454 g/mol. The van der Waals surface area contributed by atoms with E-state index < -0.39 is 5.79 Å². The summed E-state index contributed by atoms with van der Waals surface area (Å²) in [6, 6.07) is 7.65. The lowest BCUT2D eigenvalue weighted by atomic mass is 9.69. The Hall–Kier alpha value is -2.89. The quantitative estimate of drug-likeness (QED) is 0.618. The Bertz CT molecular complexity index is 1100. The molecule has 2 aromatic carbocycles. The maximum atomic E-state index is 11.7. The molecular weight excluding hydrogens is 420 g/mol. The number of rotatable bonds is 4. The van der Waals surface area contributed by atoms with Gasteiger partial charge in [-0.25, -0.2) is 4.79 Å². The van der Waals surface area contributed by atoms with Gasteiger partial charge in [0.15, 0.2) is 6.61 Å². The number of phenolic OH excluding ortho intramolecular Hbond substituents is 1. The summed E-state index contributed by atoms with van der Waals surface area (Å²) in [5.41, 5.74) is 3.15. The van der Waals surface area contributed by atoms with Crippen molar-refractivity contribution in [3.05, 3.63) is 46.5 Å². The van der Waals surface area contributed by atoms with Gasteiger partial charge in [-0.15, -0.1) is 0 Å². The van der Waals surface area contributed by atoms with Crippen LogP contribution < -0.4 is 14.2 Å². The summed E-state index contributed by atoms with van der Waals surface area (Å²) < 4.78 is 23.9. The Morgan fingerprint density at radius 1 is 0.939 bits per heavy atom. The van der Waals surface area contributed by atoms with E-state index in [2.05, 4.69) is 27.7 Å². The van der Waals surface area contributed by atoms with Gasteiger partial charge in [-0.2, -0.15) is 0 Å². The summed E-state index contributed by atoms with van der Waals surface area (Å²) in [6.45, 7) is 14.5. The number of ether oxygens (including phenoxy) is 4. The number of phenols is 1. The molecule has 4 rings (SSSR count). The minimum absolute atomic E-state index is 0.126. The SMILES string of the molecule is CCOC(=O)COc1cc2c(cc1C)OC1(CC(C)(C)c3cc(O)c(C)cc3O1)CC2(C)C. The highest BCUT2D eigenvalue weighted by Crippen LogP contribution is 2.55. The van der Waals surface area contributed by atoms with E-state index in [1.807, 2.05) is 38.1 Å². The summed E-state index contributed by atoms with van der Waals surface area (Å²) in [7, 11) is 0. The van der Waals surface area contributed by atoms with Crippen molar-refractivity contribution in [2.24, 2.45) is 0 Å². The van der Waals surface area contributed by atoms with Crippen molar-refractivity contribution >= 4 is 5.97 Å². The van der Waals surface area contributed by atoms with Crippen LogP contribution in [0.15, 0.2) is 24.3 Å². The van der Waals surface area contributed by atoms with E-state index in [0.717, 1.165) is 33.8 Å². The zero-order valence-electron chi connectivity index (χ0n) is 20.6. The molecule has 0 amide bonds. The van der Waals surface area contributed by atoms with Crippen LogP contribution in [0, 0.1) is 13.8 Å². The van der Waals surface area contributed by atoms with Crippen molar-refractivity contribution in [1.29, 1.82) is 0 Å². The molecule has 0 aromatic heterocycles. The third-order valence-electron chi connectivity index (χ3n) is 6.70. The first-order valence-corrected chi connectivity index (χ1v) is 11.5. The van der Waals surface area contributed by atoms with Gasteiger partial charge in [0.1, 0.15) is 23.0 Å². The minimum atomic E-state index is -0.823. The van der Waals surface area contributed by atoms with E-state index in [-0.39, 0.29) is 29.2 Å². The van der Waals surface area contributed by atoms with Crippen LogP contribution in [0.3, 0.4) is 0 Å². The molecule has 33 heavy (non-hydrogen) atoms. The van der Waals surface area contributed by atoms with E-state index in [1.54, 1.807) is 6.92 Å². The van der Waals surface area contributed by atoms with Gasteiger partial charge in [0.05, 0.1) is 6.61 Å². The average Bonchev–Trinajstić information content (AvgIpc) is 2.67. The molecule has 1 spiro atoms. The van der Waals surface area contributed by atoms with E-state index in [4.69, 9.17) is 18.9 Å². The predicted octanol–water partition coefficient (Wildman–Crippen LogP) is 5.47. The Labute approximate surface area is 195 Å². The molecule has 0 aliphatic carbocycles. The fourth-order valence-corrected chi connectivity index (χ4v) is 5.22. The number of carbonyl (C=O) groups is 1. The second-order valence-electron chi connectivity index (χ2n) is 10.6. The van der Waals surface area contributed by atoms with Crippen molar-refractivity contribution < 1.29 is 28.8 Å². The Kier molecular flexibility index (Phi) is 5.54. The lowest BCUT2D eigenvalue weighted by molar-refractivity contribution is -0.166. The summed E-state index contributed by atoms with van der Waals surface area (Å²) in [5, 5.41) is 10.3. The third-order valence-corrected chi connectivity index (χ3v) is 6.70.